The lowest BCUT2D eigenvalue weighted by Crippen LogP contribution is -2.04. The Kier molecular flexibility index (Phi) is 1.53. The zero-order valence-corrected chi connectivity index (χ0v) is 4.89. The fourth-order valence-corrected chi connectivity index (χ4v) is 0.733. The van der Waals surface area contributed by atoms with Crippen LogP contribution in [-0.4, -0.2) is 12.4 Å². The molecular weight excluding hydrogens is 128 g/mol. The van der Waals surface area contributed by atoms with Gasteiger partial charge in [-0.1, -0.05) is 11.6 Å². The first-order chi connectivity index (χ1) is 3.83. The summed E-state index contributed by atoms with van der Waals surface area (Å²) in [6.07, 6.45) is 2.35. The number of rotatable bonds is 1. The molecule has 0 N–H and O–H groups in total. The van der Waals surface area contributed by atoms with E-state index in [0.29, 0.717) is 11.5 Å². The van der Waals surface area contributed by atoms with Crippen LogP contribution in [0, 0.1) is 0 Å². The van der Waals surface area contributed by atoms with Crippen molar-refractivity contribution in [3.63, 3.8) is 0 Å². The second kappa shape index (κ2) is 2.18. The number of hydrogen-bond acceptors (Lipinski definition) is 2. The molecule has 8 heavy (non-hydrogen) atoms. The van der Waals surface area contributed by atoms with Crippen LogP contribution in [-0.2, 0) is 9.53 Å². The van der Waals surface area contributed by atoms with Crippen molar-refractivity contribution in [3.05, 3.63) is 11.3 Å². The third kappa shape index (κ3) is 1.01. The van der Waals surface area contributed by atoms with Crippen LogP contribution in [0.1, 0.15) is 6.42 Å². The molecule has 0 amide bonds. The second-order valence-corrected chi connectivity index (χ2v) is 2.06. The van der Waals surface area contributed by atoms with E-state index in [-0.39, 0.29) is 6.10 Å². The molecule has 0 aromatic carbocycles. The Morgan fingerprint density at radius 1 is 2.00 bits per heavy atom. The van der Waals surface area contributed by atoms with Gasteiger partial charge in [0.2, 0.25) is 0 Å². The lowest BCUT2D eigenvalue weighted by molar-refractivity contribution is -0.114. The first-order valence-electron chi connectivity index (χ1n) is 2.28. The number of hydrogen-bond donors (Lipinski definition) is 0. The van der Waals surface area contributed by atoms with Crippen LogP contribution in [0.15, 0.2) is 11.3 Å². The van der Waals surface area contributed by atoms with Gasteiger partial charge in [-0.3, -0.25) is 4.79 Å². The average Bonchev–Trinajstić information content (AvgIpc) is 2.14. The van der Waals surface area contributed by atoms with Gasteiger partial charge in [-0.2, -0.15) is 0 Å². The van der Waals surface area contributed by atoms with Gasteiger partial charge in [0.1, 0.15) is 0 Å². The molecule has 1 heterocycles. The Hall–Kier alpha value is -0.500. The molecule has 0 aromatic rings. The number of aldehydes is 1. The van der Waals surface area contributed by atoms with Gasteiger partial charge in [-0.25, -0.2) is 0 Å². The molecule has 2 nitrogen and oxygen atoms in total. The maximum absolute atomic E-state index is 9.94. The Bertz CT molecular complexity index is 130. The van der Waals surface area contributed by atoms with Gasteiger partial charge in [0.25, 0.3) is 0 Å². The minimum atomic E-state index is -0.331. The third-order valence-electron chi connectivity index (χ3n) is 0.919. The molecule has 0 aliphatic carbocycles. The molecule has 44 valence electrons. The minimum Gasteiger partial charge on any atom is -0.489 e. The SMILES string of the molecule is O=CC1CC(Cl)=CO1. The quantitative estimate of drug-likeness (QED) is 0.499. The first kappa shape index (κ1) is 5.63. The van der Waals surface area contributed by atoms with Gasteiger partial charge in [0, 0.05) is 6.42 Å². The monoisotopic (exact) mass is 132 g/mol. The van der Waals surface area contributed by atoms with E-state index in [9.17, 15) is 4.79 Å². The Balaban J connectivity index is 2.43. The van der Waals surface area contributed by atoms with Crippen LogP contribution in [0.25, 0.3) is 0 Å². The maximum Gasteiger partial charge on any atom is 0.160 e. The summed E-state index contributed by atoms with van der Waals surface area (Å²) < 4.78 is 4.75. The molecule has 1 aliphatic rings. The van der Waals surface area contributed by atoms with Crippen molar-refractivity contribution >= 4 is 17.9 Å². The van der Waals surface area contributed by atoms with Crippen molar-refractivity contribution in [1.82, 2.24) is 0 Å². The van der Waals surface area contributed by atoms with Crippen molar-refractivity contribution in [2.24, 2.45) is 0 Å². The molecule has 0 bridgehead atoms. The third-order valence-corrected chi connectivity index (χ3v) is 1.16. The van der Waals surface area contributed by atoms with E-state index in [2.05, 4.69) is 0 Å². The van der Waals surface area contributed by atoms with Gasteiger partial charge in [0.05, 0.1) is 11.3 Å². The fraction of sp³-hybridized carbons (Fsp3) is 0.400. The van der Waals surface area contributed by atoms with E-state index < -0.39 is 0 Å². The highest BCUT2D eigenvalue weighted by atomic mass is 35.5. The summed E-state index contributed by atoms with van der Waals surface area (Å²) in [5.74, 6) is 0. The van der Waals surface area contributed by atoms with Crippen molar-refractivity contribution in [3.8, 4) is 0 Å². The molecule has 1 rings (SSSR count). The van der Waals surface area contributed by atoms with Gasteiger partial charge >= 0.3 is 0 Å². The normalized spacial score (nSPS) is 26.6. The summed E-state index contributed by atoms with van der Waals surface area (Å²) in [6.45, 7) is 0. The summed E-state index contributed by atoms with van der Waals surface area (Å²) >= 11 is 5.46. The molecule has 0 spiro atoms. The highest BCUT2D eigenvalue weighted by Crippen LogP contribution is 2.18. The van der Waals surface area contributed by atoms with Crippen LogP contribution in [0.3, 0.4) is 0 Å². The number of ether oxygens (including phenoxy) is 1. The molecule has 3 heteroatoms. The lowest BCUT2D eigenvalue weighted by Gasteiger charge is -1.95. The maximum atomic E-state index is 9.94. The van der Waals surface area contributed by atoms with E-state index in [1.165, 1.54) is 6.26 Å². The Labute approximate surface area is 52.1 Å². The largest absolute Gasteiger partial charge is 0.489 e. The smallest absolute Gasteiger partial charge is 0.160 e. The van der Waals surface area contributed by atoms with Crippen molar-refractivity contribution in [2.75, 3.05) is 0 Å². The Morgan fingerprint density at radius 3 is 3.00 bits per heavy atom. The molecular formula is C5H5ClO2. The van der Waals surface area contributed by atoms with Crippen LogP contribution in [0.2, 0.25) is 0 Å². The Morgan fingerprint density at radius 2 is 2.75 bits per heavy atom. The van der Waals surface area contributed by atoms with Crippen LogP contribution < -0.4 is 0 Å². The van der Waals surface area contributed by atoms with E-state index in [0.717, 1.165) is 6.29 Å². The fourth-order valence-electron chi connectivity index (χ4n) is 0.530. The summed E-state index contributed by atoms with van der Waals surface area (Å²) in [7, 11) is 0. The van der Waals surface area contributed by atoms with Crippen LogP contribution >= 0.6 is 11.6 Å². The zero-order chi connectivity index (χ0) is 5.98. The van der Waals surface area contributed by atoms with Crippen molar-refractivity contribution < 1.29 is 9.53 Å². The van der Waals surface area contributed by atoms with Crippen molar-refractivity contribution in [2.45, 2.75) is 12.5 Å². The summed E-state index contributed by atoms with van der Waals surface area (Å²) in [4.78, 5) is 9.94. The molecule has 0 saturated carbocycles. The summed E-state index contributed by atoms with van der Waals surface area (Å²) in [5.41, 5.74) is 0. The number of carbonyl (C=O) groups is 1. The highest BCUT2D eigenvalue weighted by Gasteiger charge is 2.14. The summed E-state index contributed by atoms with van der Waals surface area (Å²) in [5, 5.41) is 0.613. The predicted molar refractivity (Wildman–Crippen MR) is 29.5 cm³/mol. The van der Waals surface area contributed by atoms with Gasteiger partial charge in [0.15, 0.2) is 12.4 Å². The van der Waals surface area contributed by atoms with Gasteiger partial charge in [-0.05, 0) is 0 Å². The van der Waals surface area contributed by atoms with E-state index in [1.807, 2.05) is 0 Å². The molecule has 0 radical (unpaired) electrons. The molecule has 1 atom stereocenters. The van der Waals surface area contributed by atoms with Gasteiger partial charge in [-0.15, -0.1) is 0 Å². The predicted octanol–water partition coefficient (Wildman–Crippen LogP) is 1.05. The highest BCUT2D eigenvalue weighted by molar-refractivity contribution is 6.29. The molecule has 1 unspecified atom stereocenters. The first-order valence-corrected chi connectivity index (χ1v) is 2.66. The van der Waals surface area contributed by atoms with E-state index >= 15 is 0 Å². The number of halogens is 1. The number of carbonyl (C=O) groups excluding carboxylic acids is 1. The molecule has 0 saturated heterocycles. The second-order valence-electron chi connectivity index (χ2n) is 1.58. The molecule has 0 fully saturated rings. The van der Waals surface area contributed by atoms with E-state index in [4.69, 9.17) is 16.3 Å². The van der Waals surface area contributed by atoms with Gasteiger partial charge < -0.3 is 4.74 Å². The van der Waals surface area contributed by atoms with E-state index in [1.54, 1.807) is 0 Å². The lowest BCUT2D eigenvalue weighted by atomic mass is 10.3. The standard InChI is InChI=1S/C5H5ClO2/c6-4-1-5(2-7)8-3-4/h2-3,5H,1H2. The molecule has 1 aliphatic heterocycles. The van der Waals surface area contributed by atoms with Crippen molar-refractivity contribution in [1.29, 1.82) is 0 Å². The average molecular weight is 133 g/mol. The topological polar surface area (TPSA) is 26.3 Å². The summed E-state index contributed by atoms with van der Waals surface area (Å²) in [6, 6.07) is 0. The van der Waals surface area contributed by atoms with Crippen LogP contribution in [0.4, 0.5) is 0 Å². The zero-order valence-electron chi connectivity index (χ0n) is 4.13. The minimum absolute atomic E-state index is 0.331. The van der Waals surface area contributed by atoms with Crippen LogP contribution in [0.5, 0.6) is 0 Å². The molecule has 0 aromatic heterocycles.